The molecule has 4 heteroatoms. The average Bonchev–Trinajstić information content (AvgIpc) is 3.43. The van der Waals surface area contributed by atoms with E-state index in [1.54, 1.807) is 0 Å². The minimum absolute atomic E-state index is 0.954. The molecule has 5 aromatic carbocycles. The number of benzene rings is 5. The maximum atomic E-state index is 4.74. The molecular weight excluding hydrogens is 422 g/mol. The summed E-state index contributed by atoms with van der Waals surface area (Å²) in [7, 11) is 2.12. The summed E-state index contributed by atoms with van der Waals surface area (Å²) in [5, 5.41) is 8.57. The summed E-state index contributed by atoms with van der Waals surface area (Å²) in [6, 6.07) is 34.5. The predicted molar refractivity (Wildman–Crippen MR) is 142 cm³/mol. The van der Waals surface area contributed by atoms with Gasteiger partial charge >= 0.3 is 0 Å². The van der Waals surface area contributed by atoms with Crippen LogP contribution in [0.25, 0.3) is 49.2 Å². The Labute approximate surface area is 196 Å². The Balaban J connectivity index is 1.64. The topological polar surface area (TPSA) is 13.1 Å². The second-order valence-electron chi connectivity index (χ2n) is 8.54. The first-order valence-corrected chi connectivity index (χ1v) is 11.5. The third-order valence-electron chi connectivity index (χ3n) is 6.77. The molecule has 0 amide bonds. The first-order valence-electron chi connectivity index (χ1n) is 11.1. The molecule has 0 atom stereocenters. The van der Waals surface area contributed by atoms with Crippen molar-refractivity contribution in [3.63, 3.8) is 0 Å². The van der Waals surface area contributed by atoms with Crippen LogP contribution in [0.4, 0.5) is 5.69 Å². The minimum Gasteiger partial charge on any atom is -0.316 e. The van der Waals surface area contributed by atoms with E-state index in [1.807, 2.05) is 12.1 Å². The molecule has 3 nitrogen and oxygen atoms in total. The van der Waals surface area contributed by atoms with E-state index in [9.17, 15) is 0 Å². The minimum atomic E-state index is 0.954. The Morgan fingerprint density at radius 1 is 0.697 bits per heavy atom. The highest BCUT2D eigenvalue weighted by atomic mass is 32.1. The zero-order valence-corrected chi connectivity index (χ0v) is 19.0. The number of fused-ring (bicyclic) bond motifs is 2. The molecule has 0 spiro atoms. The van der Waals surface area contributed by atoms with E-state index in [0.29, 0.717) is 0 Å². The van der Waals surface area contributed by atoms with Crippen LogP contribution in [0.2, 0.25) is 0 Å². The summed E-state index contributed by atoms with van der Waals surface area (Å²) in [5.41, 5.74) is 5.89. The fraction of sp³-hybridized carbons (Fsp3) is 0.0345. The van der Waals surface area contributed by atoms with Gasteiger partial charge in [0, 0.05) is 45.4 Å². The van der Waals surface area contributed by atoms with Crippen LogP contribution in [0, 0.1) is 0 Å². The van der Waals surface area contributed by atoms with Crippen LogP contribution in [0.5, 0.6) is 0 Å². The molecule has 0 N–H and O–H groups in total. The summed E-state index contributed by atoms with van der Waals surface area (Å²) in [4.78, 5) is 0.954. The lowest BCUT2D eigenvalue weighted by Gasteiger charge is -2.24. The van der Waals surface area contributed by atoms with Crippen LogP contribution in [-0.2, 0) is 0 Å². The Morgan fingerprint density at radius 3 is 2.36 bits per heavy atom. The van der Waals surface area contributed by atoms with Gasteiger partial charge in [0.2, 0.25) is 0 Å². The smallest absolute Gasteiger partial charge is 0.0725 e. The molecule has 7 rings (SSSR count). The number of hydrogen-bond donors (Lipinski definition) is 1. The lowest BCUT2D eigenvalue weighted by Crippen LogP contribution is -2.24. The summed E-state index contributed by atoms with van der Waals surface area (Å²) < 4.78 is 4.64. The fourth-order valence-corrected chi connectivity index (χ4v) is 5.64. The molecular formula is C29H21N3S. The van der Waals surface area contributed by atoms with E-state index in [4.69, 9.17) is 12.6 Å². The predicted octanol–water partition coefficient (Wildman–Crippen LogP) is 7.52. The van der Waals surface area contributed by atoms with Gasteiger partial charge in [-0.2, -0.15) is 0 Å². The molecule has 158 valence electrons. The molecule has 0 saturated carbocycles. The van der Waals surface area contributed by atoms with Crippen molar-refractivity contribution in [2.45, 2.75) is 4.90 Å². The monoisotopic (exact) mass is 443 g/mol. The van der Waals surface area contributed by atoms with E-state index >= 15 is 0 Å². The number of hydrogen-bond acceptors (Lipinski definition) is 2. The second-order valence-corrected chi connectivity index (χ2v) is 9.02. The normalized spacial score (nSPS) is 11.9. The summed E-state index contributed by atoms with van der Waals surface area (Å²) in [6.45, 7) is 0. The number of anilines is 1. The summed E-state index contributed by atoms with van der Waals surface area (Å²) >= 11 is 4.74. The number of aromatic nitrogens is 2. The van der Waals surface area contributed by atoms with Crippen molar-refractivity contribution in [3.05, 3.63) is 103 Å². The molecule has 0 aliphatic carbocycles. The number of nitrogens with zero attached hydrogens (tertiary/aromatic N) is 3. The lowest BCUT2D eigenvalue weighted by atomic mass is 10.0. The van der Waals surface area contributed by atoms with Crippen molar-refractivity contribution in [1.29, 1.82) is 0 Å². The Bertz CT molecular complexity index is 1790. The van der Waals surface area contributed by atoms with E-state index in [1.165, 1.54) is 49.2 Å². The van der Waals surface area contributed by atoms with Gasteiger partial charge in [0.15, 0.2) is 0 Å². The van der Waals surface area contributed by atoms with Crippen LogP contribution in [0.15, 0.2) is 108 Å². The van der Waals surface area contributed by atoms with Crippen LogP contribution >= 0.6 is 12.6 Å². The number of para-hydroxylation sites is 2. The van der Waals surface area contributed by atoms with Gasteiger partial charge < -0.3 is 4.57 Å². The molecule has 0 radical (unpaired) electrons. The van der Waals surface area contributed by atoms with Crippen molar-refractivity contribution in [2.24, 2.45) is 0 Å². The van der Waals surface area contributed by atoms with Gasteiger partial charge in [-0.05, 0) is 47.9 Å². The fourth-order valence-electron chi connectivity index (χ4n) is 5.34. The molecule has 0 unspecified atom stereocenters. The molecule has 2 aromatic heterocycles. The zero-order chi connectivity index (χ0) is 22.1. The second kappa shape index (κ2) is 6.80. The van der Waals surface area contributed by atoms with Crippen LogP contribution in [0.1, 0.15) is 0 Å². The van der Waals surface area contributed by atoms with Gasteiger partial charge in [-0.1, -0.05) is 54.6 Å². The number of rotatable bonds is 3. The Kier molecular flexibility index (Phi) is 3.85. The SMILES string of the molecule is CN(c1ccccc1S)n1c2cccc3ccc4c(c32)c1cc1ccn(-c2ccccc2)c14. The third-order valence-corrected chi connectivity index (χ3v) is 7.14. The standard InChI is InChI=1S/C29H21N3S/c1-30(23-11-5-6-13-26(23)33)32-24-12-7-8-19-14-15-22-28(27(19)24)25(32)18-20-16-17-31(29(20)22)21-9-3-2-4-10-21/h2-18,33H,1H3. The first-order chi connectivity index (χ1) is 16.2. The van der Waals surface area contributed by atoms with Crippen molar-refractivity contribution in [1.82, 2.24) is 9.24 Å². The summed E-state index contributed by atoms with van der Waals surface area (Å²) in [5.74, 6) is 0. The van der Waals surface area contributed by atoms with Crippen molar-refractivity contribution in [3.8, 4) is 5.69 Å². The summed E-state index contributed by atoms with van der Waals surface area (Å²) in [6.07, 6.45) is 2.18. The van der Waals surface area contributed by atoms with Crippen LogP contribution in [-0.4, -0.2) is 16.3 Å². The van der Waals surface area contributed by atoms with Gasteiger partial charge in [0.05, 0.1) is 22.2 Å². The highest BCUT2D eigenvalue weighted by Gasteiger charge is 2.21. The van der Waals surface area contributed by atoms with E-state index in [-0.39, 0.29) is 0 Å². The van der Waals surface area contributed by atoms with Crippen molar-refractivity contribution >= 4 is 61.8 Å². The van der Waals surface area contributed by atoms with Gasteiger partial charge in [0.25, 0.3) is 0 Å². The van der Waals surface area contributed by atoms with Crippen molar-refractivity contribution < 1.29 is 0 Å². The van der Waals surface area contributed by atoms with Crippen molar-refractivity contribution in [2.75, 3.05) is 12.1 Å². The maximum Gasteiger partial charge on any atom is 0.0725 e. The first kappa shape index (κ1) is 18.7. The highest BCUT2D eigenvalue weighted by molar-refractivity contribution is 7.80. The molecule has 0 aliphatic rings. The van der Waals surface area contributed by atoms with E-state index in [0.717, 1.165) is 10.6 Å². The Hall–Kier alpha value is -3.89. The van der Waals surface area contributed by atoms with Gasteiger partial charge in [-0.25, -0.2) is 0 Å². The Morgan fingerprint density at radius 2 is 1.52 bits per heavy atom. The lowest BCUT2D eigenvalue weighted by molar-refractivity contribution is 0.828. The van der Waals surface area contributed by atoms with E-state index < -0.39 is 0 Å². The molecule has 0 aliphatic heterocycles. The van der Waals surface area contributed by atoms with Crippen LogP contribution < -0.4 is 5.01 Å². The molecule has 0 bridgehead atoms. The number of thiol groups is 1. The zero-order valence-electron chi connectivity index (χ0n) is 18.1. The van der Waals surface area contributed by atoms with Crippen LogP contribution in [0.3, 0.4) is 0 Å². The largest absolute Gasteiger partial charge is 0.316 e. The molecule has 2 heterocycles. The van der Waals surface area contributed by atoms with Gasteiger partial charge in [0.1, 0.15) is 0 Å². The highest BCUT2D eigenvalue weighted by Crippen LogP contribution is 2.42. The van der Waals surface area contributed by atoms with E-state index in [2.05, 4.69) is 112 Å². The van der Waals surface area contributed by atoms with Gasteiger partial charge in [-0.15, -0.1) is 12.6 Å². The molecule has 0 fully saturated rings. The maximum absolute atomic E-state index is 4.74. The van der Waals surface area contributed by atoms with Gasteiger partial charge in [-0.3, -0.25) is 9.69 Å². The average molecular weight is 444 g/mol. The molecule has 7 aromatic rings. The molecule has 33 heavy (non-hydrogen) atoms. The molecule has 0 saturated heterocycles. The quantitative estimate of drug-likeness (QED) is 0.220. The third kappa shape index (κ3) is 2.53.